The molecule has 0 saturated carbocycles. The molecule has 7 nitrogen and oxygen atoms in total. The van der Waals surface area contributed by atoms with Crippen LogP contribution in [0.5, 0.6) is 5.75 Å². The second-order valence-corrected chi connectivity index (χ2v) is 6.95. The van der Waals surface area contributed by atoms with Crippen molar-refractivity contribution < 1.29 is 14.3 Å². The fourth-order valence-electron chi connectivity index (χ4n) is 2.86. The zero-order valence-electron chi connectivity index (χ0n) is 16.0. The van der Waals surface area contributed by atoms with Gasteiger partial charge in [0.2, 0.25) is 5.91 Å². The number of anilines is 1. The van der Waals surface area contributed by atoms with Gasteiger partial charge in [0.25, 0.3) is 0 Å². The summed E-state index contributed by atoms with van der Waals surface area (Å²) >= 11 is 0. The lowest BCUT2D eigenvalue weighted by atomic mass is 10.1. The predicted molar refractivity (Wildman–Crippen MR) is 103 cm³/mol. The number of hydrogen-bond acceptors (Lipinski definition) is 5. The van der Waals surface area contributed by atoms with E-state index in [1.165, 1.54) is 0 Å². The Hall–Kier alpha value is -2.28. The standard InChI is InChI=1S/C19H30N4O3/c1-15(2)7-8-20-19(25)21-18(24)14-22-9-11-23(12-10-22)16-5-4-6-17(13-16)26-3/h4-6,13,15H,7-12,14H2,1-3H3,(H2,20,21,24,25). The first kappa shape index (κ1) is 20.0. The van der Waals surface area contributed by atoms with E-state index in [1.54, 1.807) is 7.11 Å². The molecule has 0 aliphatic carbocycles. The first-order valence-corrected chi connectivity index (χ1v) is 9.17. The molecule has 1 aliphatic heterocycles. The summed E-state index contributed by atoms with van der Waals surface area (Å²) in [6.45, 7) is 8.23. The van der Waals surface area contributed by atoms with Crippen molar-refractivity contribution in [3.05, 3.63) is 24.3 Å². The average molecular weight is 362 g/mol. The fraction of sp³-hybridized carbons (Fsp3) is 0.579. The third-order valence-electron chi connectivity index (χ3n) is 4.42. The number of amides is 3. The molecule has 1 heterocycles. The molecule has 2 N–H and O–H groups in total. The fourth-order valence-corrected chi connectivity index (χ4v) is 2.86. The van der Waals surface area contributed by atoms with Crippen molar-refractivity contribution in [3.8, 4) is 5.75 Å². The van der Waals surface area contributed by atoms with Gasteiger partial charge in [-0.25, -0.2) is 4.79 Å². The molecule has 0 unspecified atom stereocenters. The summed E-state index contributed by atoms with van der Waals surface area (Å²) in [5.74, 6) is 1.10. The number of hydrogen-bond donors (Lipinski definition) is 2. The molecular weight excluding hydrogens is 332 g/mol. The smallest absolute Gasteiger partial charge is 0.321 e. The highest BCUT2D eigenvalue weighted by Gasteiger charge is 2.20. The van der Waals surface area contributed by atoms with Crippen LogP contribution in [0.15, 0.2) is 24.3 Å². The number of nitrogens with one attached hydrogen (secondary N) is 2. The van der Waals surface area contributed by atoms with E-state index in [0.29, 0.717) is 12.5 Å². The molecule has 144 valence electrons. The highest BCUT2D eigenvalue weighted by atomic mass is 16.5. The maximum atomic E-state index is 12.0. The van der Waals surface area contributed by atoms with Crippen LogP contribution in [-0.2, 0) is 4.79 Å². The number of carbonyl (C=O) groups excluding carboxylic acids is 2. The zero-order valence-corrected chi connectivity index (χ0v) is 16.0. The van der Waals surface area contributed by atoms with Gasteiger partial charge in [-0.15, -0.1) is 0 Å². The zero-order chi connectivity index (χ0) is 18.9. The maximum absolute atomic E-state index is 12.0. The minimum absolute atomic E-state index is 0.240. The van der Waals surface area contributed by atoms with E-state index in [4.69, 9.17) is 4.74 Å². The molecule has 3 amide bonds. The first-order chi connectivity index (χ1) is 12.5. The van der Waals surface area contributed by atoms with E-state index in [1.807, 2.05) is 18.2 Å². The number of nitrogens with zero attached hydrogens (tertiary/aromatic N) is 2. The van der Waals surface area contributed by atoms with E-state index in [-0.39, 0.29) is 12.5 Å². The largest absolute Gasteiger partial charge is 0.497 e. The molecule has 1 aliphatic rings. The number of carbonyl (C=O) groups is 2. The van der Waals surface area contributed by atoms with Crippen molar-refractivity contribution in [1.29, 1.82) is 0 Å². The van der Waals surface area contributed by atoms with Crippen molar-refractivity contribution in [3.63, 3.8) is 0 Å². The molecule has 1 saturated heterocycles. The van der Waals surface area contributed by atoms with Gasteiger partial charge in [-0.1, -0.05) is 19.9 Å². The van der Waals surface area contributed by atoms with Crippen molar-refractivity contribution in [2.24, 2.45) is 5.92 Å². The van der Waals surface area contributed by atoms with E-state index in [2.05, 4.69) is 40.3 Å². The van der Waals surface area contributed by atoms with Gasteiger partial charge in [-0.2, -0.15) is 0 Å². The summed E-state index contributed by atoms with van der Waals surface area (Å²) in [4.78, 5) is 28.0. The monoisotopic (exact) mass is 362 g/mol. The quantitative estimate of drug-likeness (QED) is 0.772. The molecule has 0 atom stereocenters. The Balaban J connectivity index is 1.70. The van der Waals surface area contributed by atoms with Crippen LogP contribution in [0.3, 0.4) is 0 Å². The van der Waals surface area contributed by atoms with Gasteiger partial charge in [-0.3, -0.25) is 15.0 Å². The third kappa shape index (κ3) is 6.55. The number of imide groups is 1. The summed E-state index contributed by atoms with van der Waals surface area (Å²) in [7, 11) is 1.66. The van der Waals surface area contributed by atoms with Gasteiger partial charge in [0.15, 0.2) is 0 Å². The normalized spacial score (nSPS) is 15.0. The highest BCUT2D eigenvalue weighted by molar-refractivity contribution is 5.95. The minimum atomic E-state index is -0.411. The number of methoxy groups -OCH3 is 1. The Labute approximate surface area is 155 Å². The second kappa shape index (κ2) is 10.0. The number of benzene rings is 1. The average Bonchev–Trinajstić information content (AvgIpc) is 2.62. The van der Waals surface area contributed by atoms with E-state index in [9.17, 15) is 9.59 Å². The lowest BCUT2D eigenvalue weighted by Gasteiger charge is -2.35. The lowest BCUT2D eigenvalue weighted by Crippen LogP contribution is -2.51. The summed E-state index contributed by atoms with van der Waals surface area (Å²) in [6, 6.07) is 7.57. The van der Waals surface area contributed by atoms with Crippen LogP contribution in [0, 0.1) is 5.92 Å². The second-order valence-electron chi connectivity index (χ2n) is 6.95. The van der Waals surface area contributed by atoms with Crippen molar-refractivity contribution >= 4 is 17.6 Å². The van der Waals surface area contributed by atoms with Crippen molar-refractivity contribution in [2.45, 2.75) is 20.3 Å². The number of urea groups is 1. The van der Waals surface area contributed by atoms with Gasteiger partial charge in [0, 0.05) is 44.5 Å². The summed E-state index contributed by atoms with van der Waals surface area (Å²) in [5.41, 5.74) is 1.12. The third-order valence-corrected chi connectivity index (χ3v) is 4.42. The number of rotatable bonds is 7. The summed E-state index contributed by atoms with van der Waals surface area (Å²) in [6.07, 6.45) is 0.897. The Morgan fingerprint density at radius 3 is 2.58 bits per heavy atom. The van der Waals surface area contributed by atoms with Crippen LogP contribution in [0.2, 0.25) is 0 Å². The van der Waals surface area contributed by atoms with Gasteiger partial charge in [-0.05, 0) is 24.5 Å². The Morgan fingerprint density at radius 1 is 1.19 bits per heavy atom. The molecule has 0 spiro atoms. The van der Waals surface area contributed by atoms with Crippen LogP contribution in [-0.4, -0.2) is 63.2 Å². The van der Waals surface area contributed by atoms with Gasteiger partial charge >= 0.3 is 6.03 Å². The Kier molecular flexibility index (Phi) is 7.72. The van der Waals surface area contributed by atoms with Crippen LogP contribution in [0.1, 0.15) is 20.3 Å². The molecular formula is C19H30N4O3. The highest BCUT2D eigenvalue weighted by Crippen LogP contribution is 2.21. The molecule has 1 aromatic rings. The first-order valence-electron chi connectivity index (χ1n) is 9.17. The van der Waals surface area contributed by atoms with Crippen molar-refractivity contribution in [1.82, 2.24) is 15.5 Å². The van der Waals surface area contributed by atoms with E-state index < -0.39 is 6.03 Å². The van der Waals surface area contributed by atoms with E-state index >= 15 is 0 Å². The van der Waals surface area contributed by atoms with Gasteiger partial charge in [0.05, 0.1) is 13.7 Å². The topological polar surface area (TPSA) is 73.9 Å². The SMILES string of the molecule is COc1cccc(N2CCN(CC(=O)NC(=O)NCCC(C)C)CC2)c1. The van der Waals surface area contributed by atoms with Crippen LogP contribution < -0.4 is 20.3 Å². The lowest BCUT2D eigenvalue weighted by molar-refractivity contribution is -0.121. The van der Waals surface area contributed by atoms with E-state index in [0.717, 1.165) is 44.0 Å². The van der Waals surface area contributed by atoms with Gasteiger partial charge in [0.1, 0.15) is 5.75 Å². The van der Waals surface area contributed by atoms with Crippen LogP contribution >= 0.6 is 0 Å². The Morgan fingerprint density at radius 2 is 1.92 bits per heavy atom. The Bertz CT molecular complexity index is 598. The minimum Gasteiger partial charge on any atom is -0.497 e. The predicted octanol–water partition coefficient (Wildman–Crippen LogP) is 1.69. The summed E-state index contributed by atoms with van der Waals surface area (Å²) in [5, 5.41) is 5.11. The van der Waals surface area contributed by atoms with Crippen LogP contribution in [0.4, 0.5) is 10.5 Å². The number of piperazine rings is 1. The molecule has 0 aromatic heterocycles. The van der Waals surface area contributed by atoms with Crippen LogP contribution in [0.25, 0.3) is 0 Å². The molecule has 7 heteroatoms. The molecule has 26 heavy (non-hydrogen) atoms. The van der Waals surface area contributed by atoms with Gasteiger partial charge < -0.3 is 15.0 Å². The molecule has 1 aromatic carbocycles. The number of ether oxygens (including phenoxy) is 1. The molecule has 1 fully saturated rings. The summed E-state index contributed by atoms with van der Waals surface area (Å²) < 4.78 is 5.27. The maximum Gasteiger partial charge on any atom is 0.321 e. The molecule has 0 bridgehead atoms. The molecule has 0 radical (unpaired) electrons. The molecule has 2 rings (SSSR count). The van der Waals surface area contributed by atoms with Crippen molar-refractivity contribution in [2.75, 3.05) is 51.3 Å².